The van der Waals surface area contributed by atoms with E-state index in [0.717, 1.165) is 33.7 Å². The molecule has 1 amide bonds. The van der Waals surface area contributed by atoms with Gasteiger partial charge in [-0.25, -0.2) is 0 Å². The lowest BCUT2D eigenvalue weighted by Gasteiger charge is -2.29. The Balaban J connectivity index is 1.44. The Kier molecular flexibility index (Phi) is 7.68. The van der Waals surface area contributed by atoms with Crippen molar-refractivity contribution >= 4 is 5.91 Å². The van der Waals surface area contributed by atoms with Crippen LogP contribution in [0.1, 0.15) is 33.5 Å². The van der Waals surface area contributed by atoms with Gasteiger partial charge in [-0.2, -0.15) is 0 Å². The lowest BCUT2D eigenvalue weighted by atomic mass is 9.95. The lowest BCUT2D eigenvalue weighted by molar-refractivity contribution is -0.0261. The van der Waals surface area contributed by atoms with Crippen molar-refractivity contribution < 1.29 is 28.8 Å². The number of aliphatic hydroxyl groups excluding tert-OH is 1. The Labute approximate surface area is 215 Å². The van der Waals surface area contributed by atoms with Gasteiger partial charge in [0.15, 0.2) is 0 Å². The first kappa shape index (κ1) is 25.2. The van der Waals surface area contributed by atoms with Gasteiger partial charge in [-0.05, 0) is 23.6 Å². The van der Waals surface area contributed by atoms with Crippen LogP contribution >= 0.6 is 0 Å². The molecule has 1 fully saturated rings. The second-order valence-corrected chi connectivity index (χ2v) is 9.32. The quantitative estimate of drug-likeness (QED) is 0.421. The lowest BCUT2D eigenvalue weighted by Crippen LogP contribution is -2.48. The van der Waals surface area contributed by atoms with E-state index in [1.54, 1.807) is 11.8 Å². The van der Waals surface area contributed by atoms with E-state index in [1.807, 2.05) is 43.6 Å². The number of carbonyl (C=O) groups is 1. The minimum atomic E-state index is -0.749. The summed E-state index contributed by atoms with van der Waals surface area (Å²) in [4.78, 5) is 13.5. The molecule has 2 aliphatic rings. The van der Waals surface area contributed by atoms with Gasteiger partial charge in [0.1, 0.15) is 23.8 Å². The molecule has 37 heavy (non-hydrogen) atoms. The summed E-state index contributed by atoms with van der Waals surface area (Å²) in [7, 11) is 3.44. The van der Waals surface area contributed by atoms with E-state index >= 15 is 0 Å². The fourth-order valence-electron chi connectivity index (χ4n) is 4.75. The van der Waals surface area contributed by atoms with Crippen molar-refractivity contribution in [3.05, 3.63) is 58.8 Å². The van der Waals surface area contributed by atoms with Crippen molar-refractivity contribution in [3.8, 4) is 22.8 Å². The fourth-order valence-corrected chi connectivity index (χ4v) is 4.75. The van der Waals surface area contributed by atoms with E-state index in [4.69, 9.17) is 18.9 Å². The van der Waals surface area contributed by atoms with Crippen molar-refractivity contribution in [3.63, 3.8) is 0 Å². The van der Waals surface area contributed by atoms with Crippen LogP contribution in [0.15, 0.2) is 36.5 Å². The maximum absolute atomic E-state index is 13.5. The summed E-state index contributed by atoms with van der Waals surface area (Å²) in [5.41, 5.74) is 5.11. The number of amides is 1. The molecule has 196 valence electrons. The highest BCUT2D eigenvalue weighted by Crippen LogP contribution is 2.41. The van der Waals surface area contributed by atoms with Crippen molar-refractivity contribution in [1.82, 2.24) is 20.3 Å². The molecule has 0 spiro atoms. The van der Waals surface area contributed by atoms with Crippen LogP contribution in [0, 0.1) is 0 Å². The zero-order valence-corrected chi connectivity index (χ0v) is 21.1. The first-order valence-corrected chi connectivity index (χ1v) is 12.5. The van der Waals surface area contributed by atoms with Gasteiger partial charge in [-0.1, -0.05) is 29.5 Å². The molecular formula is C27H32N4O6. The molecular weight excluding hydrogens is 476 g/mol. The SMILES string of the molecule is COCCOc1c(C(=O)N[C@H]2CCOC[C@@H]2O)cc(Cc2ccc(-c3cn(C)nn3)cc2)c2c1CCO2. The molecule has 10 nitrogen and oxygen atoms in total. The predicted molar refractivity (Wildman–Crippen MR) is 135 cm³/mol. The summed E-state index contributed by atoms with van der Waals surface area (Å²) < 4.78 is 24.2. The zero-order chi connectivity index (χ0) is 25.8. The monoisotopic (exact) mass is 508 g/mol. The van der Waals surface area contributed by atoms with Crippen LogP contribution in [0.3, 0.4) is 0 Å². The average molecular weight is 509 g/mol. The van der Waals surface area contributed by atoms with Crippen LogP contribution in [0.25, 0.3) is 11.3 Å². The first-order valence-electron chi connectivity index (χ1n) is 12.5. The predicted octanol–water partition coefficient (Wildman–Crippen LogP) is 1.91. The highest BCUT2D eigenvalue weighted by atomic mass is 16.5. The number of rotatable bonds is 9. The Morgan fingerprint density at radius 2 is 2.08 bits per heavy atom. The summed E-state index contributed by atoms with van der Waals surface area (Å²) in [6.07, 6.45) is 2.91. The van der Waals surface area contributed by atoms with Crippen molar-refractivity contribution in [2.75, 3.05) is 40.1 Å². The number of nitrogens with one attached hydrogen (secondary N) is 1. The van der Waals surface area contributed by atoms with E-state index < -0.39 is 6.10 Å². The van der Waals surface area contributed by atoms with E-state index in [1.165, 1.54) is 0 Å². The number of hydrogen-bond acceptors (Lipinski definition) is 8. The highest BCUT2D eigenvalue weighted by Gasteiger charge is 2.31. The number of nitrogens with zero attached hydrogens (tertiary/aromatic N) is 3. The van der Waals surface area contributed by atoms with Crippen LogP contribution in [-0.4, -0.2) is 78.3 Å². The highest BCUT2D eigenvalue weighted by molar-refractivity contribution is 5.98. The number of benzene rings is 2. The molecule has 2 aromatic carbocycles. The molecule has 2 atom stereocenters. The van der Waals surface area contributed by atoms with E-state index in [2.05, 4.69) is 15.6 Å². The zero-order valence-electron chi connectivity index (χ0n) is 21.1. The summed E-state index contributed by atoms with van der Waals surface area (Å²) in [6, 6.07) is 9.60. The molecule has 1 saturated heterocycles. The molecule has 0 saturated carbocycles. The van der Waals surface area contributed by atoms with E-state index in [9.17, 15) is 9.90 Å². The first-order chi connectivity index (χ1) is 18.0. The second-order valence-electron chi connectivity index (χ2n) is 9.32. The number of aryl methyl sites for hydroxylation is 1. The third kappa shape index (κ3) is 5.61. The molecule has 0 unspecified atom stereocenters. The topological polar surface area (TPSA) is 117 Å². The summed E-state index contributed by atoms with van der Waals surface area (Å²) >= 11 is 0. The number of methoxy groups -OCH3 is 1. The van der Waals surface area contributed by atoms with Crippen LogP contribution in [0.5, 0.6) is 11.5 Å². The largest absolute Gasteiger partial charge is 0.493 e. The molecule has 0 bridgehead atoms. The Bertz CT molecular complexity index is 1240. The van der Waals surface area contributed by atoms with Gasteiger partial charge >= 0.3 is 0 Å². The molecule has 5 rings (SSSR count). The second kappa shape index (κ2) is 11.3. The number of hydrogen-bond donors (Lipinski definition) is 2. The van der Waals surface area contributed by atoms with Gasteiger partial charge in [0, 0.05) is 44.7 Å². The number of aromatic nitrogens is 3. The maximum atomic E-state index is 13.5. The van der Waals surface area contributed by atoms with Gasteiger partial charge in [-0.3, -0.25) is 9.48 Å². The summed E-state index contributed by atoms with van der Waals surface area (Å²) in [6.45, 7) is 1.93. The van der Waals surface area contributed by atoms with Crippen molar-refractivity contribution in [2.45, 2.75) is 31.4 Å². The van der Waals surface area contributed by atoms with E-state index in [0.29, 0.717) is 57.0 Å². The Morgan fingerprint density at radius 3 is 2.81 bits per heavy atom. The van der Waals surface area contributed by atoms with Gasteiger partial charge in [0.05, 0.1) is 43.7 Å². The van der Waals surface area contributed by atoms with Crippen molar-refractivity contribution in [1.29, 1.82) is 0 Å². The smallest absolute Gasteiger partial charge is 0.255 e. The third-order valence-electron chi connectivity index (χ3n) is 6.67. The average Bonchev–Trinajstić information content (AvgIpc) is 3.57. The molecule has 3 heterocycles. The summed E-state index contributed by atoms with van der Waals surface area (Å²) in [5, 5.41) is 21.5. The maximum Gasteiger partial charge on any atom is 0.255 e. The minimum Gasteiger partial charge on any atom is -0.493 e. The molecule has 1 aromatic heterocycles. The third-order valence-corrected chi connectivity index (χ3v) is 6.67. The molecule has 2 aliphatic heterocycles. The van der Waals surface area contributed by atoms with Gasteiger partial charge in [0.2, 0.25) is 0 Å². The number of aliphatic hydroxyl groups is 1. The number of carbonyl (C=O) groups excluding carboxylic acids is 1. The molecule has 0 aliphatic carbocycles. The fraction of sp³-hybridized carbons (Fsp3) is 0.444. The minimum absolute atomic E-state index is 0.204. The standard InChI is InChI=1S/C27H32N4O6/c1-31-15-23(29-30-31)18-5-3-17(4-6-18)13-19-14-21(27(33)28-22-8-9-35-16-24(22)32)26(37-12-11-34-2)20-7-10-36-25(19)20/h3-6,14-15,22,24,32H,7-13,16H2,1-2H3,(H,28,33)/t22-,24-/m0/s1. The molecule has 10 heteroatoms. The summed E-state index contributed by atoms with van der Waals surface area (Å²) in [5.74, 6) is 1.01. The van der Waals surface area contributed by atoms with Crippen LogP contribution in [0.4, 0.5) is 0 Å². The molecule has 2 N–H and O–H groups in total. The van der Waals surface area contributed by atoms with Gasteiger partial charge < -0.3 is 29.4 Å². The normalized spacial score (nSPS) is 18.8. The Hall–Kier alpha value is -3.47. The van der Waals surface area contributed by atoms with Crippen LogP contribution in [0.2, 0.25) is 0 Å². The molecule has 0 radical (unpaired) electrons. The van der Waals surface area contributed by atoms with Crippen molar-refractivity contribution in [2.24, 2.45) is 7.05 Å². The van der Waals surface area contributed by atoms with Crippen LogP contribution in [-0.2, 0) is 29.4 Å². The number of fused-ring (bicyclic) bond motifs is 1. The Morgan fingerprint density at radius 1 is 1.24 bits per heavy atom. The van der Waals surface area contributed by atoms with Crippen LogP contribution < -0.4 is 14.8 Å². The molecule has 3 aromatic rings. The van der Waals surface area contributed by atoms with E-state index in [-0.39, 0.29) is 18.6 Å². The van der Waals surface area contributed by atoms with Gasteiger partial charge in [-0.15, -0.1) is 5.10 Å². The number of ether oxygens (including phenoxy) is 4. The van der Waals surface area contributed by atoms with Gasteiger partial charge in [0.25, 0.3) is 5.91 Å².